The average molecular weight is 357 g/mol. The number of halogens is 1. The SMILES string of the molecule is C[C@@]1(c2ccccc2)N=NC([Si](C)(C)C)([Si](C)(C)C)[P@@]1Cl. The Morgan fingerprint density at radius 2 is 1.38 bits per heavy atom. The van der Waals surface area contributed by atoms with E-state index in [1.807, 2.05) is 6.07 Å². The molecule has 0 N–H and O–H groups in total. The molecule has 0 aromatic heterocycles. The van der Waals surface area contributed by atoms with Gasteiger partial charge in [0, 0.05) is 7.27 Å². The lowest BCUT2D eigenvalue weighted by atomic mass is 10.1. The number of azo groups is 1. The summed E-state index contributed by atoms with van der Waals surface area (Å²) in [5, 5.41) is 9.41. The van der Waals surface area contributed by atoms with Crippen LogP contribution in [0.5, 0.6) is 0 Å². The van der Waals surface area contributed by atoms with Crippen LogP contribution in [0, 0.1) is 0 Å². The first kappa shape index (κ1) is 17.3. The predicted octanol–water partition coefficient (Wildman–Crippen LogP) is 6.41. The molecule has 0 amide bonds. The van der Waals surface area contributed by atoms with Crippen LogP contribution in [-0.4, -0.2) is 20.7 Å². The molecule has 6 heteroatoms. The van der Waals surface area contributed by atoms with Gasteiger partial charge in [-0.25, -0.2) is 0 Å². The molecule has 0 radical (unpaired) electrons. The maximum atomic E-state index is 7.19. The zero-order valence-corrected chi connectivity index (χ0v) is 17.8. The molecule has 21 heavy (non-hydrogen) atoms. The Morgan fingerprint density at radius 1 is 0.905 bits per heavy atom. The van der Waals surface area contributed by atoms with Gasteiger partial charge in [0.25, 0.3) is 0 Å². The third-order valence-corrected chi connectivity index (χ3v) is 23.1. The molecule has 2 atom stereocenters. The number of hydrogen-bond acceptors (Lipinski definition) is 2. The van der Waals surface area contributed by atoms with Gasteiger partial charge in [0.05, 0.1) is 20.7 Å². The smallest absolute Gasteiger partial charge is 0.138 e. The predicted molar refractivity (Wildman–Crippen MR) is 101 cm³/mol. The van der Waals surface area contributed by atoms with E-state index in [9.17, 15) is 0 Å². The van der Waals surface area contributed by atoms with E-state index >= 15 is 0 Å². The monoisotopic (exact) mass is 356 g/mol. The molecule has 1 heterocycles. The van der Waals surface area contributed by atoms with Crippen molar-refractivity contribution in [3.8, 4) is 0 Å². The molecule has 0 bridgehead atoms. The fraction of sp³-hybridized carbons (Fsp3) is 0.600. The van der Waals surface area contributed by atoms with Crippen LogP contribution in [0.2, 0.25) is 39.3 Å². The lowest BCUT2D eigenvalue weighted by molar-refractivity contribution is 0.697. The average Bonchev–Trinajstić information content (AvgIpc) is 2.64. The topological polar surface area (TPSA) is 24.7 Å². The first-order chi connectivity index (χ1) is 9.47. The van der Waals surface area contributed by atoms with Gasteiger partial charge in [0.2, 0.25) is 0 Å². The van der Waals surface area contributed by atoms with Gasteiger partial charge in [-0.2, -0.15) is 10.2 Å². The second-order valence-corrected chi connectivity index (χ2v) is 22.9. The normalized spacial score (nSPS) is 28.9. The molecule has 0 saturated heterocycles. The molecule has 1 aromatic rings. The van der Waals surface area contributed by atoms with Crippen molar-refractivity contribution >= 4 is 34.7 Å². The Balaban J connectivity index is 2.60. The van der Waals surface area contributed by atoms with Gasteiger partial charge in [-0.3, -0.25) is 0 Å². The third kappa shape index (κ3) is 2.48. The van der Waals surface area contributed by atoms with Crippen molar-refractivity contribution in [3.05, 3.63) is 35.9 Å². The fourth-order valence-electron chi connectivity index (χ4n) is 3.50. The molecule has 2 nitrogen and oxygen atoms in total. The number of hydrogen-bond donors (Lipinski definition) is 0. The van der Waals surface area contributed by atoms with Gasteiger partial charge in [0.1, 0.15) is 5.28 Å². The van der Waals surface area contributed by atoms with Crippen LogP contribution in [0.1, 0.15) is 12.5 Å². The first-order valence-corrected chi connectivity index (χ1v) is 16.7. The van der Waals surface area contributed by atoms with E-state index < -0.39 is 23.4 Å². The highest BCUT2D eigenvalue weighted by Gasteiger charge is 2.66. The van der Waals surface area contributed by atoms with E-state index in [0.29, 0.717) is 0 Å². The highest BCUT2D eigenvalue weighted by Crippen LogP contribution is 2.76. The summed E-state index contributed by atoms with van der Waals surface area (Å²) in [6.07, 6.45) is 0. The van der Waals surface area contributed by atoms with Crippen molar-refractivity contribution < 1.29 is 0 Å². The summed E-state index contributed by atoms with van der Waals surface area (Å²) in [4.78, 5) is 0. The van der Waals surface area contributed by atoms with E-state index in [-0.39, 0.29) is 9.81 Å². The Morgan fingerprint density at radius 3 is 1.76 bits per heavy atom. The maximum Gasteiger partial charge on any atom is 0.138 e. The van der Waals surface area contributed by atoms with Gasteiger partial charge in [-0.05, 0) is 12.5 Å². The van der Waals surface area contributed by atoms with Crippen LogP contribution in [0.4, 0.5) is 0 Å². The number of nitrogens with zero attached hydrogens (tertiary/aromatic N) is 2. The van der Waals surface area contributed by atoms with Crippen LogP contribution < -0.4 is 0 Å². The highest BCUT2D eigenvalue weighted by molar-refractivity contribution is 7.90. The Labute approximate surface area is 137 Å². The van der Waals surface area contributed by atoms with Crippen molar-refractivity contribution in [2.45, 2.75) is 56.0 Å². The second kappa shape index (κ2) is 5.26. The van der Waals surface area contributed by atoms with Gasteiger partial charge >= 0.3 is 0 Å². The van der Waals surface area contributed by atoms with Gasteiger partial charge < -0.3 is 0 Å². The van der Waals surface area contributed by atoms with E-state index in [1.165, 1.54) is 5.56 Å². The van der Waals surface area contributed by atoms with Crippen molar-refractivity contribution in [2.75, 3.05) is 0 Å². The Kier molecular flexibility index (Phi) is 4.34. The van der Waals surface area contributed by atoms with E-state index in [2.05, 4.69) is 70.5 Å². The van der Waals surface area contributed by atoms with E-state index in [0.717, 1.165) is 0 Å². The minimum absolute atomic E-state index is 0.0680. The summed E-state index contributed by atoms with van der Waals surface area (Å²) in [5.74, 6) is 0. The minimum Gasteiger partial charge on any atom is -0.187 e. The first-order valence-electron chi connectivity index (χ1n) is 7.42. The fourth-order valence-corrected chi connectivity index (χ4v) is 25.5. The number of benzene rings is 1. The van der Waals surface area contributed by atoms with Crippen LogP contribution in [0.3, 0.4) is 0 Å². The molecule has 1 aromatic carbocycles. The molecule has 1 aliphatic heterocycles. The van der Waals surface area contributed by atoms with Gasteiger partial charge in [-0.15, -0.1) is 0 Å². The quantitative estimate of drug-likeness (QED) is 0.441. The zero-order valence-electron chi connectivity index (χ0n) is 14.1. The molecule has 0 unspecified atom stereocenters. The third-order valence-electron chi connectivity index (χ3n) is 4.47. The standard InChI is InChI=1S/C15H26ClN2PSi2/c1-14(13-11-9-8-10-12-13)17-18-15(19(14)16,20(2,3)4)21(5,6)7/h8-12H,1-7H3/t14-,19+/m1/s1. The Bertz CT molecular complexity index is 537. The summed E-state index contributed by atoms with van der Waals surface area (Å²) in [6, 6.07) is 10.5. The van der Waals surface area contributed by atoms with E-state index in [1.54, 1.807) is 0 Å². The maximum absolute atomic E-state index is 7.19. The van der Waals surface area contributed by atoms with Gasteiger partial charge in [-0.1, -0.05) is 80.9 Å². The minimum atomic E-state index is -1.60. The highest BCUT2D eigenvalue weighted by atomic mass is 35.7. The molecule has 116 valence electrons. The Hall–Kier alpha value is -0.0262. The molecule has 0 fully saturated rings. The van der Waals surface area contributed by atoms with Crippen LogP contribution in [0.15, 0.2) is 40.6 Å². The molecule has 0 saturated carbocycles. The van der Waals surface area contributed by atoms with Crippen molar-refractivity contribution in [3.63, 3.8) is 0 Å². The molecule has 0 spiro atoms. The largest absolute Gasteiger partial charge is 0.187 e. The lowest BCUT2D eigenvalue weighted by Crippen LogP contribution is -2.62. The summed E-state index contributed by atoms with van der Waals surface area (Å²) < 4.78 is -0.0680. The van der Waals surface area contributed by atoms with Crippen molar-refractivity contribution in [2.24, 2.45) is 10.2 Å². The summed E-state index contributed by atoms with van der Waals surface area (Å²) in [6.45, 7) is 16.6. The van der Waals surface area contributed by atoms with Crippen LogP contribution >= 0.6 is 18.5 Å². The second-order valence-electron chi connectivity index (χ2n) is 8.04. The summed E-state index contributed by atoms with van der Waals surface area (Å²) in [7, 11) is -4.04. The molecule has 0 aliphatic carbocycles. The molecule has 2 rings (SSSR count). The zero-order chi connectivity index (χ0) is 16.1. The molecule has 1 aliphatic rings. The summed E-state index contributed by atoms with van der Waals surface area (Å²) >= 11 is 7.19. The van der Waals surface area contributed by atoms with Crippen molar-refractivity contribution in [1.29, 1.82) is 0 Å². The van der Waals surface area contributed by atoms with Crippen molar-refractivity contribution in [1.82, 2.24) is 0 Å². The lowest BCUT2D eigenvalue weighted by Gasteiger charge is -2.49. The van der Waals surface area contributed by atoms with Crippen LogP contribution in [0.25, 0.3) is 0 Å². The summed E-state index contributed by atoms with van der Waals surface area (Å²) in [5.41, 5.74) is 1.20. The molecular formula is C15H26ClN2PSi2. The van der Waals surface area contributed by atoms with Crippen LogP contribution in [-0.2, 0) is 5.28 Å². The van der Waals surface area contributed by atoms with E-state index in [4.69, 9.17) is 21.5 Å². The van der Waals surface area contributed by atoms with Gasteiger partial charge in [0.15, 0.2) is 0 Å². The molecular weight excluding hydrogens is 331 g/mol. The number of rotatable bonds is 3.